The number of halogens is 5. The fraction of sp³-hybridized carbons (Fsp3) is 0.429. The first-order chi connectivity index (χ1) is 15.0. The third-order valence-electron chi connectivity index (χ3n) is 5.48. The summed E-state index contributed by atoms with van der Waals surface area (Å²) in [6.07, 6.45) is -0.760. The molecule has 2 N–H and O–H groups in total. The zero-order valence-electron chi connectivity index (χ0n) is 16.9. The summed E-state index contributed by atoms with van der Waals surface area (Å²) < 4.78 is 40.5. The van der Waals surface area contributed by atoms with E-state index in [9.17, 15) is 27.9 Å². The molecule has 6 nitrogen and oxygen atoms in total. The van der Waals surface area contributed by atoms with Gasteiger partial charge in [0, 0.05) is 12.4 Å². The van der Waals surface area contributed by atoms with E-state index in [1.807, 2.05) is 0 Å². The Balaban J connectivity index is 1.91. The van der Waals surface area contributed by atoms with Crippen LogP contribution < -0.4 is 5.32 Å². The third kappa shape index (κ3) is 5.89. The predicted molar refractivity (Wildman–Crippen MR) is 113 cm³/mol. The summed E-state index contributed by atoms with van der Waals surface area (Å²) in [5.41, 5.74) is 0.747. The minimum atomic E-state index is -4.69. The average molecular weight is 490 g/mol. The van der Waals surface area contributed by atoms with Gasteiger partial charge < -0.3 is 10.4 Å². The quantitative estimate of drug-likeness (QED) is 0.498. The van der Waals surface area contributed by atoms with Gasteiger partial charge >= 0.3 is 12.1 Å². The molecule has 1 aromatic carbocycles. The number of alkyl halides is 3. The fourth-order valence-electron chi connectivity index (χ4n) is 3.56. The van der Waals surface area contributed by atoms with Gasteiger partial charge in [-0.2, -0.15) is 13.2 Å². The number of hydrogen-bond acceptors (Lipinski definition) is 4. The normalized spacial score (nSPS) is 16.8. The SMILES string of the molecule is C[C@H]([C@H](C(=O)Nc1cc([C@@H](CC(=O)O)C2CC2)ccc1Cl)c1ncc(Cl)cn1)C(F)(F)F. The molecule has 1 aliphatic carbocycles. The predicted octanol–water partition coefficient (Wildman–Crippen LogP) is 5.67. The Morgan fingerprint density at radius 1 is 1.22 bits per heavy atom. The number of hydrogen-bond donors (Lipinski definition) is 2. The van der Waals surface area contributed by atoms with Crippen molar-refractivity contribution in [3.05, 3.63) is 52.0 Å². The second-order valence-electron chi connectivity index (χ2n) is 7.84. The number of nitrogens with zero attached hydrogens (tertiary/aromatic N) is 2. The molecule has 0 radical (unpaired) electrons. The van der Waals surface area contributed by atoms with Crippen LogP contribution in [0.4, 0.5) is 18.9 Å². The van der Waals surface area contributed by atoms with Gasteiger partial charge in [-0.3, -0.25) is 9.59 Å². The van der Waals surface area contributed by atoms with Gasteiger partial charge in [0.15, 0.2) is 0 Å². The van der Waals surface area contributed by atoms with Gasteiger partial charge in [0.05, 0.1) is 28.1 Å². The Morgan fingerprint density at radius 3 is 2.38 bits per heavy atom. The van der Waals surface area contributed by atoms with E-state index in [2.05, 4.69) is 15.3 Å². The van der Waals surface area contributed by atoms with Crippen molar-refractivity contribution in [2.45, 2.75) is 44.2 Å². The first-order valence-electron chi connectivity index (χ1n) is 9.83. The Kier molecular flexibility index (Phi) is 7.29. The molecule has 1 aromatic heterocycles. The van der Waals surface area contributed by atoms with Gasteiger partial charge in [0.2, 0.25) is 5.91 Å². The number of rotatable bonds is 8. The van der Waals surface area contributed by atoms with Crippen molar-refractivity contribution >= 4 is 40.8 Å². The molecule has 32 heavy (non-hydrogen) atoms. The third-order valence-corrected chi connectivity index (χ3v) is 6.00. The number of nitrogens with one attached hydrogen (secondary N) is 1. The molecule has 0 saturated heterocycles. The number of carboxylic acid groups (broad SMARTS) is 1. The Labute approximate surface area is 192 Å². The Hall–Kier alpha value is -2.39. The maximum atomic E-state index is 13.5. The number of carboxylic acids is 1. The van der Waals surface area contributed by atoms with Crippen LogP contribution in [0.5, 0.6) is 0 Å². The standard InChI is InChI=1S/C21H20Cl2F3N3O3/c1-10(21(24,25)26)18(19-27-8-13(22)9-28-19)20(32)29-16-6-12(4-5-15(16)23)14(7-17(30)31)11-2-3-11/h4-6,8-11,14,18H,2-3,7H2,1H3,(H,29,32)(H,30,31)/t10-,14+,18+/m1/s1. The van der Waals surface area contributed by atoms with E-state index < -0.39 is 29.9 Å². The highest BCUT2D eigenvalue weighted by atomic mass is 35.5. The molecule has 3 rings (SSSR count). The minimum absolute atomic E-state index is 0.0912. The largest absolute Gasteiger partial charge is 0.481 e. The second kappa shape index (κ2) is 9.62. The lowest BCUT2D eigenvalue weighted by Crippen LogP contribution is -2.35. The zero-order valence-corrected chi connectivity index (χ0v) is 18.4. The number of carbonyl (C=O) groups is 2. The van der Waals surface area contributed by atoms with E-state index in [0.29, 0.717) is 5.56 Å². The van der Waals surface area contributed by atoms with E-state index in [0.717, 1.165) is 32.2 Å². The van der Waals surface area contributed by atoms with Crippen LogP contribution in [-0.4, -0.2) is 33.1 Å². The van der Waals surface area contributed by atoms with Gasteiger partial charge in [-0.25, -0.2) is 9.97 Å². The average Bonchev–Trinajstić information content (AvgIpc) is 3.54. The van der Waals surface area contributed by atoms with Crippen molar-refractivity contribution in [3.8, 4) is 0 Å². The maximum Gasteiger partial charge on any atom is 0.392 e. The lowest BCUT2D eigenvalue weighted by atomic mass is 9.90. The molecule has 2 aromatic rings. The van der Waals surface area contributed by atoms with Crippen molar-refractivity contribution in [1.82, 2.24) is 9.97 Å². The van der Waals surface area contributed by atoms with Crippen LogP contribution in [0.2, 0.25) is 10.0 Å². The van der Waals surface area contributed by atoms with Gasteiger partial charge in [-0.15, -0.1) is 0 Å². The lowest BCUT2D eigenvalue weighted by Gasteiger charge is -2.24. The van der Waals surface area contributed by atoms with Crippen LogP contribution in [0, 0.1) is 11.8 Å². The molecule has 1 amide bonds. The van der Waals surface area contributed by atoms with Crippen LogP contribution in [0.15, 0.2) is 30.6 Å². The number of aromatic nitrogens is 2. The molecular formula is C21H20Cl2F3N3O3. The van der Waals surface area contributed by atoms with Gasteiger partial charge in [-0.05, 0) is 42.4 Å². The highest BCUT2D eigenvalue weighted by Crippen LogP contribution is 2.45. The molecule has 1 fully saturated rings. The van der Waals surface area contributed by atoms with Crippen molar-refractivity contribution in [2.75, 3.05) is 5.32 Å². The summed E-state index contributed by atoms with van der Waals surface area (Å²) in [4.78, 5) is 31.8. The maximum absolute atomic E-state index is 13.5. The van der Waals surface area contributed by atoms with Crippen LogP contribution in [0.1, 0.15) is 49.4 Å². The molecule has 0 unspecified atom stereocenters. The molecule has 1 aliphatic rings. The molecule has 0 aliphatic heterocycles. The first kappa shape index (κ1) is 24.3. The van der Waals surface area contributed by atoms with Crippen molar-refractivity contribution in [3.63, 3.8) is 0 Å². The minimum Gasteiger partial charge on any atom is -0.481 e. The highest BCUT2D eigenvalue weighted by Gasteiger charge is 2.46. The summed E-state index contributed by atoms with van der Waals surface area (Å²) in [5, 5.41) is 11.9. The molecule has 1 saturated carbocycles. The topological polar surface area (TPSA) is 92.2 Å². The Bertz CT molecular complexity index is 998. The number of carbonyl (C=O) groups excluding carboxylic acids is 1. The molecule has 172 valence electrons. The van der Waals surface area contributed by atoms with Crippen LogP contribution in [0.3, 0.4) is 0 Å². The number of aliphatic carboxylic acids is 1. The van der Waals surface area contributed by atoms with Crippen LogP contribution in [-0.2, 0) is 9.59 Å². The van der Waals surface area contributed by atoms with Crippen molar-refractivity contribution in [2.24, 2.45) is 11.8 Å². The number of benzene rings is 1. The van der Waals surface area contributed by atoms with E-state index >= 15 is 0 Å². The highest BCUT2D eigenvalue weighted by molar-refractivity contribution is 6.33. The first-order valence-corrected chi connectivity index (χ1v) is 10.6. The molecule has 1 heterocycles. The fourth-order valence-corrected chi connectivity index (χ4v) is 3.83. The summed E-state index contributed by atoms with van der Waals surface area (Å²) in [7, 11) is 0. The lowest BCUT2D eigenvalue weighted by molar-refractivity contribution is -0.178. The van der Waals surface area contributed by atoms with Crippen LogP contribution in [0.25, 0.3) is 0 Å². The Morgan fingerprint density at radius 2 is 1.84 bits per heavy atom. The van der Waals surface area contributed by atoms with E-state index in [-0.39, 0.29) is 39.8 Å². The molecule has 11 heteroatoms. The van der Waals surface area contributed by atoms with E-state index in [4.69, 9.17) is 23.2 Å². The zero-order chi connectivity index (χ0) is 23.6. The monoisotopic (exact) mass is 489 g/mol. The van der Waals surface area contributed by atoms with Gasteiger partial charge in [-0.1, -0.05) is 36.2 Å². The molecule has 3 atom stereocenters. The smallest absolute Gasteiger partial charge is 0.392 e. The van der Waals surface area contributed by atoms with E-state index in [1.165, 1.54) is 12.1 Å². The van der Waals surface area contributed by atoms with Crippen molar-refractivity contribution in [1.29, 1.82) is 0 Å². The van der Waals surface area contributed by atoms with Gasteiger partial charge in [0.25, 0.3) is 0 Å². The number of anilines is 1. The molecule has 0 spiro atoms. The summed E-state index contributed by atoms with van der Waals surface area (Å²) in [5.74, 6) is -6.17. The summed E-state index contributed by atoms with van der Waals surface area (Å²) >= 11 is 11.9. The van der Waals surface area contributed by atoms with Gasteiger partial charge in [0.1, 0.15) is 11.7 Å². The molecule has 0 bridgehead atoms. The number of amides is 1. The summed E-state index contributed by atoms with van der Waals surface area (Å²) in [6.45, 7) is 0.871. The summed E-state index contributed by atoms with van der Waals surface area (Å²) in [6, 6.07) is 4.68. The second-order valence-corrected chi connectivity index (χ2v) is 8.68. The van der Waals surface area contributed by atoms with E-state index in [1.54, 1.807) is 6.07 Å². The van der Waals surface area contributed by atoms with Crippen LogP contribution >= 0.6 is 23.2 Å². The molecular weight excluding hydrogens is 470 g/mol. The van der Waals surface area contributed by atoms with Crippen molar-refractivity contribution < 1.29 is 27.9 Å².